The van der Waals surface area contributed by atoms with E-state index >= 15 is 0 Å². The number of furan rings is 1. The third-order valence-electron chi connectivity index (χ3n) is 3.90. The summed E-state index contributed by atoms with van der Waals surface area (Å²) in [7, 11) is -3.59. The summed E-state index contributed by atoms with van der Waals surface area (Å²) in [6.45, 7) is 2.56. The van der Waals surface area contributed by atoms with Gasteiger partial charge in [0.2, 0.25) is 15.8 Å². The number of hydrogen-bond donors (Lipinski definition) is 1. The second kappa shape index (κ2) is 5.86. The Labute approximate surface area is 129 Å². The maximum absolute atomic E-state index is 12.8. The quantitative estimate of drug-likeness (QED) is 0.922. The first-order valence-electron chi connectivity index (χ1n) is 7.25. The Morgan fingerprint density at radius 1 is 1.32 bits per heavy atom. The van der Waals surface area contributed by atoms with Gasteiger partial charge in [0.05, 0.1) is 6.20 Å². The Morgan fingerprint density at radius 2 is 2.14 bits per heavy atom. The van der Waals surface area contributed by atoms with Gasteiger partial charge in [0, 0.05) is 31.3 Å². The fourth-order valence-corrected chi connectivity index (χ4v) is 4.32. The summed E-state index contributed by atoms with van der Waals surface area (Å²) in [5, 5.41) is 3.60. The van der Waals surface area contributed by atoms with Crippen LogP contribution >= 0.6 is 0 Å². The SMILES string of the molecule is Cc1oc(-c2ccno2)cc1S(=O)(=O)N1CCC[C@H](N)CC1. The van der Waals surface area contributed by atoms with Crippen LogP contribution in [-0.4, -0.2) is 37.0 Å². The molecule has 0 unspecified atom stereocenters. The van der Waals surface area contributed by atoms with Crippen molar-refractivity contribution >= 4 is 10.0 Å². The van der Waals surface area contributed by atoms with Gasteiger partial charge in [-0.3, -0.25) is 0 Å². The number of aryl methyl sites for hydroxylation is 1. The molecule has 1 fully saturated rings. The molecule has 0 aromatic carbocycles. The van der Waals surface area contributed by atoms with Gasteiger partial charge < -0.3 is 14.7 Å². The lowest BCUT2D eigenvalue weighted by molar-refractivity contribution is 0.412. The zero-order valence-corrected chi connectivity index (χ0v) is 13.2. The summed E-state index contributed by atoms with van der Waals surface area (Å²) in [6.07, 6.45) is 3.77. The molecule has 3 rings (SSSR count). The fourth-order valence-electron chi connectivity index (χ4n) is 2.66. The van der Waals surface area contributed by atoms with Gasteiger partial charge in [0.25, 0.3) is 0 Å². The molecular weight excluding hydrogens is 306 g/mol. The van der Waals surface area contributed by atoms with Crippen LogP contribution in [0.3, 0.4) is 0 Å². The first-order valence-corrected chi connectivity index (χ1v) is 8.69. The van der Waals surface area contributed by atoms with Gasteiger partial charge in [0.15, 0.2) is 5.76 Å². The topological polar surface area (TPSA) is 103 Å². The molecule has 1 atom stereocenters. The molecule has 0 spiro atoms. The van der Waals surface area contributed by atoms with Crippen molar-refractivity contribution in [1.29, 1.82) is 0 Å². The van der Waals surface area contributed by atoms with Gasteiger partial charge in [-0.05, 0) is 26.2 Å². The van der Waals surface area contributed by atoms with E-state index in [1.54, 1.807) is 13.0 Å². The van der Waals surface area contributed by atoms with Crippen molar-refractivity contribution < 1.29 is 17.4 Å². The van der Waals surface area contributed by atoms with Crippen molar-refractivity contribution in [2.45, 2.75) is 37.1 Å². The fraction of sp³-hybridized carbons (Fsp3) is 0.500. The molecule has 1 aliphatic rings. The van der Waals surface area contributed by atoms with Crippen LogP contribution in [-0.2, 0) is 10.0 Å². The van der Waals surface area contributed by atoms with Crippen molar-refractivity contribution in [3.63, 3.8) is 0 Å². The molecule has 7 nitrogen and oxygen atoms in total. The van der Waals surface area contributed by atoms with Gasteiger partial charge in [0.1, 0.15) is 10.7 Å². The van der Waals surface area contributed by atoms with Gasteiger partial charge >= 0.3 is 0 Å². The average Bonchev–Trinajstić information content (AvgIpc) is 3.06. The second-order valence-electron chi connectivity index (χ2n) is 5.50. The minimum atomic E-state index is -3.59. The van der Waals surface area contributed by atoms with Crippen LogP contribution in [0.5, 0.6) is 0 Å². The number of rotatable bonds is 3. The highest BCUT2D eigenvalue weighted by Crippen LogP contribution is 2.30. The third-order valence-corrected chi connectivity index (χ3v) is 5.91. The highest BCUT2D eigenvalue weighted by molar-refractivity contribution is 7.89. The lowest BCUT2D eigenvalue weighted by atomic mass is 10.1. The number of aromatic nitrogens is 1. The van der Waals surface area contributed by atoms with Crippen LogP contribution in [0, 0.1) is 6.92 Å². The largest absolute Gasteiger partial charge is 0.457 e. The van der Waals surface area contributed by atoms with E-state index in [4.69, 9.17) is 14.7 Å². The summed E-state index contributed by atoms with van der Waals surface area (Å²) < 4.78 is 37.7. The van der Waals surface area contributed by atoms with Crippen LogP contribution < -0.4 is 5.73 Å². The molecule has 0 aliphatic carbocycles. The van der Waals surface area contributed by atoms with Crippen molar-refractivity contribution in [2.24, 2.45) is 5.73 Å². The van der Waals surface area contributed by atoms with Crippen LogP contribution in [0.15, 0.2) is 32.2 Å². The normalized spacial score (nSPS) is 20.9. The minimum absolute atomic E-state index is 0.0652. The lowest BCUT2D eigenvalue weighted by Crippen LogP contribution is -2.33. The molecule has 0 amide bonds. The molecule has 8 heteroatoms. The molecule has 2 aromatic rings. The van der Waals surface area contributed by atoms with E-state index < -0.39 is 10.0 Å². The van der Waals surface area contributed by atoms with E-state index in [-0.39, 0.29) is 10.9 Å². The molecule has 1 aliphatic heterocycles. The van der Waals surface area contributed by atoms with Crippen molar-refractivity contribution in [1.82, 2.24) is 9.46 Å². The number of hydrogen-bond acceptors (Lipinski definition) is 6. The summed E-state index contributed by atoms with van der Waals surface area (Å²) in [4.78, 5) is 0.175. The first kappa shape index (κ1) is 15.3. The predicted octanol–water partition coefficient (Wildman–Crippen LogP) is 1.74. The Morgan fingerprint density at radius 3 is 2.86 bits per heavy atom. The maximum atomic E-state index is 12.8. The van der Waals surface area contributed by atoms with Crippen molar-refractivity contribution in [3.8, 4) is 11.5 Å². The summed E-state index contributed by atoms with van der Waals surface area (Å²) in [5.74, 6) is 1.11. The monoisotopic (exact) mass is 325 g/mol. The first-order chi connectivity index (χ1) is 10.5. The summed E-state index contributed by atoms with van der Waals surface area (Å²) >= 11 is 0. The highest BCUT2D eigenvalue weighted by atomic mass is 32.2. The van der Waals surface area contributed by atoms with Gasteiger partial charge in [-0.1, -0.05) is 5.16 Å². The molecule has 2 aromatic heterocycles. The minimum Gasteiger partial charge on any atom is -0.457 e. The zero-order valence-electron chi connectivity index (χ0n) is 12.4. The van der Waals surface area contributed by atoms with Gasteiger partial charge in [-0.2, -0.15) is 4.31 Å². The number of sulfonamides is 1. The van der Waals surface area contributed by atoms with E-state index in [1.165, 1.54) is 16.6 Å². The zero-order chi connectivity index (χ0) is 15.7. The second-order valence-corrected chi connectivity index (χ2v) is 7.41. The molecule has 1 saturated heterocycles. The van der Waals surface area contributed by atoms with Gasteiger partial charge in [-0.25, -0.2) is 8.42 Å². The molecule has 0 saturated carbocycles. The Kier molecular flexibility index (Phi) is 4.07. The van der Waals surface area contributed by atoms with Crippen LogP contribution in [0.25, 0.3) is 11.5 Å². The average molecular weight is 325 g/mol. The standard InChI is InChI=1S/C14H19N3O4S/c1-10-14(9-13(20-10)12-4-6-16-21-12)22(18,19)17-7-2-3-11(15)5-8-17/h4,6,9,11H,2-3,5,7-8,15H2,1H3/t11-/m0/s1. The van der Waals surface area contributed by atoms with Crippen LogP contribution in [0.2, 0.25) is 0 Å². The number of nitrogens with two attached hydrogens (primary N) is 1. The van der Waals surface area contributed by atoms with E-state index in [0.717, 1.165) is 12.8 Å². The Balaban J connectivity index is 1.92. The maximum Gasteiger partial charge on any atom is 0.246 e. The molecule has 22 heavy (non-hydrogen) atoms. The summed E-state index contributed by atoms with van der Waals surface area (Å²) in [6, 6.07) is 3.19. The van der Waals surface area contributed by atoms with E-state index in [2.05, 4.69) is 5.16 Å². The number of nitrogens with zero attached hydrogens (tertiary/aromatic N) is 2. The summed E-state index contributed by atoms with van der Waals surface area (Å²) in [5.41, 5.74) is 5.92. The Hall–Kier alpha value is -1.64. The van der Waals surface area contributed by atoms with E-state index in [1.807, 2.05) is 0 Å². The van der Waals surface area contributed by atoms with Crippen LogP contribution in [0.4, 0.5) is 0 Å². The van der Waals surface area contributed by atoms with E-state index in [0.29, 0.717) is 36.8 Å². The molecule has 0 radical (unpaired) electrons. The van der Waals surface area contributed by atoms with Crippen molar-refractivity contribution in [2.75, 3.05) is 13.1 Å². The molecular formula is C14H19N3O4S. The molecule has 2 N–H and O–H groups in total. The van der Waals surface area contributed by atoms with E-state index in [9.17, 15) is 8.42 Å². The predicted molar refractivity (Wildman–Crippen MR) is 79.5 cm³/mol. The van der Waals surface area contributed by atoms with Crippen LogP contribution in [0.1, 0.15) is 25.0 Å². The third kappa shape index (κ3) is 2.81. The van der Waals surface area contributed by atoms with Crippen molar-refractivity contribution in [3.05, 3.63) is 24.1 Å². The highest BCUT2D eigenvalue weighted by Gasteiger charge is 2.30. The molecule has 120 valence electrons. The lowest BCUT2D eigenvalue weighted by Gasteiger charge is -2.19. The molecule has 0 bridgehead atoms. The Bertz CT molecular complexity index is 736. The molecule has 3 heterocycles. The smallest absolute Gasteiger partial charge is 0.246 e. The van der Waals surface area contributed by atoms with Gasteiger partial charge in [-0.15, -0.1) is 0 Å².